The first kappa shape index (κ1) is 18.4. The molecule has 2 unspecified atom stereocenters. The Balaban J connectivity index is 1.77. The average Bonchev–Trinajstić information content (AvgIpc) is 3.33. The van der Waals surface area contributed by atoms with Crippen LogP contribution in [0.2, 0.25) is 0 Å². The first-order valence-corrected chi connectivity index (χ1v) is 9.94. The van der Waals surface area contributed by atoms with Crippen LogP contribution in [0.5, 0.6) is 0 Å². The summed E-state index contributed by atoms with van der Waals surface area (Å²) in [6.07, 6.45) is 17.3. The van der Waals surface area contributed by atoms with Gasteiger partial charge < -0.3 is 5.73 Å². The van der Waals surface area contributed by atoms with Crippen molar-refractivity contribution in [1.29, 1.82) is 0 Å². The van der Waals surface area contributed by atoms with E-state index in [1.807, 2.05) is 23.0 Å². The Morgan fingerprint density at radius 3 is 2.89 bits per heavy atom. The average molecular weight is 377 g/mol. The zero-order valence-corrected chi connectivity index (χ0v) is 16.5. The molecule has 3 aromatic rings. The van der Waals surface area contributed by atoms with E-state index < -0.39 is 0 Å². The molecule has 0 saturated heterocycles. The van der Waals surface area contributed by atoms with E-state index in [2.05, 4.69) is 27.9 Å². The maximum atomic E-state index is 5.79. The first-order valence-electron chi connectivity index (χ1n) is 9.94. The van der Waals surface area contributed by atoms with Crippen LogP contribution in [0.1, 0.15) is 50.8 Å². The number of fused-ring (bicyclic) bond motifs is 1. The summed E-state index contributed by atoms with van der Waals surface area (Å²) >= 11 is 0. The van der Waals surface area contributed by atoms with Crippen molar-refractivity contribution in [2.24, 2.45) is 16.6 Å². The van der Waals surface area contributed by atoms with Crippen LogP contribution in [-0.2, 0) is 0 Å². The largest absolute Gasteiger partial charge is 0.404 e. The summed E-state index contributed by atoms with van der Waals surface area (Å²) in [4.78, 5) is 8.95. The maximum absolute atomic E-state index is 5.79. The van der Waals surface area contributed by atoms with Crippen LogP contribution in [0.3, 0.4) is 0 Å². The SMILES string of the molecule is CN=CC(=CN)c1cn2nccc2c(-c2cnn(C3CCCCCC3C)c2)n1. The molecule has 0 bridgehead atoms. The van der Waals surface area contributed by atoms with E-state index in [0.29, 0.717) is 12.0 Å². The third kappa shape index (κ3) is 3.44. The predicted octanol–water partition coefficient (Wildman–Crippen LogP) is 3.73. The lowest BCUT2D eigenvalue weighted by atomic mass is 9.97. The maximum Gasteiger partial charge on any atom is 0.0999 e. The lowest BCUT2D eigenvalue weighted by Gasteiger charge is -2.21. The molecule has 1 saturated carbocycles. The zero-order chi connectivity index (χ0) is 19.5. The van der Waals surface area contributed by atoms with Crippen molar-refractivity contribution in [3.63, 3.8) is 0 Å². The van der Waals surface area contributed by atoms with Gasteiger partial charge in [-0.3, -0.25) is 9.67 Å². The molecule has 0 aliphatic heterocycles. The number of aromatic nitrogens is 5. The molecule has 1 aliphatic carbocycles. The molecule has 1 aliphatic rings. The van der Waals surface area contributed by atoms with Crippen molar-refractivity contribution in [2.45, 2.75) is 45.1 Å². The highest BCUT2D eigenvalue weighted by molar-refractivity contribution is 6.09. The van der Waals surface area contributed by atoms with Gasteiger partial charge in [-0.2, -0.15) is 10.2 Å². The van der Waals surface area contributed by atoms with E-state index in [9.17, 15) is 0 Å². The number of allylic oxidation sites excluding steroid dienone is 1. The smallest absolute Gasteiger partial charge is 0.0999 e. The van der Waals surface area contributed by atoms with E-state index in [1.165, 1.54) is 38.3 Å². The standard InChI is InChI=1S/C21H27N7/c1-15-6-4-3-5-7-19(15)27-13-17(12-25-27)21-20-8-9-24-28(20)14-18(26-21)16(10-22)11-23-2/h8-15,19H,3-7,22H2,1-2H3. The molecule has 0 amide bonds. The molecule has 0 aromatic carbocycles. The van der Waals surface area contributed by atoms with Gasteiger partial charge in [-0.05, 0) is 24.8 Å². The minimum atomic E-state index is 0.451. The van der Waals surface area contributed by atoms with Crippen LogP contribution in [0.4, 0.5) is 0 Å². The Kier molecular flexibility index (Phi) is 5.23. The summed E-state index contributed by atoms with van der Waals surface area (Å²) < 4.78 is 3.97. The summed E-state index contributed by atoms with van der Waals surface area (Å²) in [6, 6.07) is 2.42. The number of aliphatic imine (C=N–C) groups is 1. The summed E-state index contributed by atoms with van der Waals surface area (Å²) in [5.74, 6) is 0.636. The van der Waals surface area contributed by atoms with Gasteiger partial charge in [-0.15, -0.1) is 0 Å². The van der Waals surface area contributed by atoms with Gasteiger partial charge in [0.15, 0.2) is 0 Å². The van der Waals surface area contributed by atoms with Crippen molar-refractivity contribution < 1.29 is 0 Å². The molecule has 0 radical (unpaired) electrons. The number of hydrogen-bond donors (Lipinski definition) is 1. The lowest BCUT2D eigenvalue weighted by Crippen LogP contribution is -2.16. The molecule has 2 atom stereocenters. The Bertz CT molecular complexity index is 1010. The minimum Gasteiger partial charge on any atom is -0.404 e. The van der Waals surface area contributed by atoms with Gasteiger partial charge in [-0.25, -0.2) is 9.50 Å². The van der Waals surface area contributed by atoms with Crippen molar-refractivity contribution in [2.75, 3.05) is 7.05 Å². The minimum absolute atomic E-state index is 0.451. The third-order valence-corrected chi connectivity index (χ3v) is 5.66. The van der Waals surface area contributed by atoms with Crippen LogP contribution in [0, 0.1) is 5.92 Å². The highest BCUT2D eigenvalue weighted by atomic mass is 15.3. The molecule has 7 nitrogen and oxygen atoms in total. The van der Waals surface area contributed by atoms with Gasteiger partial charge in [0.1, 0.15) is 0 Å². The number of rotatable bonds is 4. The molecule has 1 fully saturated rings. The van der Waals surface area contributed by atoms with Crippen LogP contribution in [0.25, 0.3) is 22.3 Å². The second-order valence-electron chi connectivity index (χ2n) is 7.54. The van der Waals surface area contributed by atoms with Gasteiger partial charge in [-0.1, -0.05) is 26.2 Å². The van der Waals surface area contributed by atoms with Crippen LogP contribution >= 0.6 is 0 Å². The number of nitrogens with two attached hydrogens (primary N) is 1. The molecule has 3 heterocycles. The Morgan fingerprint density at radius 2 is 2.07 bits per heavy atom. The van der Waals surface area contributed by atoms with Crippen LogP contribution < -0.4 is 5.73 Å². The normalized spacial score (nSPS) is 21.4. The molecular formula is C21H27N7. The van der Waals surface area contributed by atoms with Gasteiger partial charge in [0.2, 0.25) is 0 Å². The second-order valence-corrected chi connectivity index (χ2v) is 7.54. The molecule has 4 rings (SSSR count). The molecule has 28 heavy (non-hydrogen) atoms. The van der Waals surface area contributed by atoms with Gasteiger partial charge >= 0.3 is 0 Å². The fourth-order valence-corrected chi connectivity index (χ4v) is 4.12. The van der Waals surface area contributed by atoms with Gasteiger partial charge in [0.25, 0.3) is 0 Å². The molecular weight excluding hydrogens is 350 g/mol. The zero-order valence-electron chi connectivity index (χ0n) is 16.5. The summed E-state index contributed by atoms with van der Waals surface area (Å²) in [5, 5.41) is 9.11. The fourth-order valence-electron chi connectivity index (χ4n) is 4.12. The van der Waals surface area contributed by atoms with Gasteiger partial charge in [0.05, 0.1) is 41.5 Å². The monoisotopic (exact) mass is 377 g/mol. The second kappa shape index (κ2) is 7.96. The van der Waals surface area contributed by atoms with Crippen LogP contribution in [0.15, 0.2) is 42.0 Å². The molecule has 0 spiro atoms. The van der Waals surface area contributed by atoms with Crippen molar-refractivity contribution in [1.82, 2.24) is 24.4 Å². The Labute approximate surface area is 165 Å². The topological polar surface area (TPSA) is 86.4 Å². The molecule has 146 valence electrons. The lowest BCUT2D eigenvalue weighted by molar-refractivity contribution is 0.309. The summed E-state index contributed by atoms with van der Waals surface area (Å²) in [7, 11) is 1.72. The predicted molar refractivity (Wildman–Crippen MR) is 112 cm³/mol. The quantitative estimate of drug-likeness (QED) is 0.554. The third-order valence-electron chi connectivity index (χ3n) is 5.66. The molecule has 7 heteroatoms. The summed E-state index contributed by atoms with van der Waals surface area (Å²) in [6.45, 7) is 2.34. The van der Waals surface area contributed by atoms with Crippen molar-refractivity contribution in [3.05, 3.63) is 42.7 Å². The van der Waals surface area contributed by atoms with E-state index in [4.69, 9.17) is 15.8 Å². The number of nitrogens with zero attached hydrogens (tertiary/aromatic N) is 6. The van der Waals surface area contributed by atoms with Crippen molar-refractivity contribution >= 4 is 17.3 Å². The van der Waals surface area contributed by atoms with E-state index in [1.54, 1.807) is 19.5 Å². The Morgan fingerprint density at radius 1 is 1.21 bits per heavy atom. The van der Waals surface area contributed by atoms with Gasteiger partial charge in [0, 0.05) is 36.8 Å². The highest BCUT2D eigenvalue weighted by Gasteiger charge is 2.23. The first-order chi connectivity index (χ1) is 13.7. The van der Waals surface area contributed by atoms with E-state index in [-0.39, 0.29) is 0 Å². The van der Waals surface area contributed by atoms with Crippen LogP contribution in [-0.4, -0.2) is 37.6 Å². The Hall–Kier alpha value is -2.96. The van der Waals surface area contributed by atoms with E-state index in [0.717, 1.165) is 28.0 Å². The van der Waals surface area contributed by atoms with E-state index >= 15 is 0 Å². The summed E-state index contributed by atoms with van der Waals surface area (Å²) in [5.41, 5.74) is 10.1. The highest BCUT2D eigenvalue weighted by Crippen LogP contribution is 2.33. The fraction of sp³-hybridized carbons (Fsp3) is 0.429. The number of hydrogen-bond acceptors (Lipinski definition) is 5. The molecule has 2 N–H and O–H groups in total. The van der Waals surface area contributed by atoms with Crippen molar-refractivity contribution in [3.8, 4) is 11.3 Å². The molecule has 3 aromatic heterocycles.